The van der Waals surface area contributed by atoms with Gasteiger partial charge in [-0.2, -0.15) is 0 Å². The molecule has 1 aromatic carbocycles. The van der Waals surface area contributed by atoms with E-state index in [2.05, 4.69) is 40.9 Å². The maximum atomic E-state index is 13.7. The van der Waals surface area contributed by atoms with E-state index in [1.165, 1.54) is 22.2 Å². The molecule has 2 bridgehead atoms. The summed E-state index contributed by atoms with van der Waals surface area (Å²) in [6.45, 7) is 4.26. The fourth-order valence-electron chi connectivity index (χ4n) is 5.88. The molecule has 2 aliphatic rings. The zero-order valence-corrected chi connectivity index (χ0v) is 19.1. The molecule has 1 aliphatic heterocycles. The molecule has 4 heterocycles. The summed E-state index contributed by atoms with van der Waals surface area (Å²) in [5, 5.41) is 1.27. The van der Waals surface area contributed by atoms with Crippen LogP contribution in [0.5, 0.6) is 5.88 Å². The molecule has 168 valence electrons. The van der Waals surface area contributed by atoms with E-state index >= 15 is 0 Å². The molecule has 0 N–H and O–H groups in total. The van der Waals surface area contributed by atoms with Gasteiger partial charge in [-0.25, -0.2) is 4.98 Å². The molecule has 6 nitrogen and oxygen atoms in total. The highest BCUT2D eigenvalue weighted by Crippen LogP contribution is 2.45. The van der Waals surface area contributed by atoms with Gasteiger partial charge >= 0.3 is 0 Å². The van der Waals surface area contributed by atoms with Gasteiger partial charge in [0.1, 0.15) is 17.6 Å². The normalized spacial score (nSPS) is 21.8. The Morgan fingerprint density at radius 1 is 1.15 bits per heavy atom. The van der Waals surface area contributed by atoms with E-state index in [1.807, 2.05) is 43.0 Å². The molecule has 6 rings (SSSR count). The molecule has 0 unspecified atom stereocenters. The van der Waals surface area contributed by atoms with Crippen LogP contribution < -0.4 is 4.74 Å². The lowest BCUT2D eigenvalue weighted by Gasteiger charge is -2.47. The quantitative estimate of drug-likeness (QED) is 0.459. The number of amides is 1. The molecule has 0 spiro atoms. The fraction of sp³-hybridized carbons (Fsp3) is 0.333. The second-order valence-electron chi connectivity index (χ2n) is 9.25. The SMILES string of the molecule is Cc1cc(C(=O)N2C[C@H](Oc3ccccn3)[C@H]3C[C@@H]2Cc2c3n(C)c3ccccc23)c(C)o1. The van der Waals surface area contributed by atoms with E-state index in [0.29, 0.717) is 23.7 Å². The number of nitrogens with zero attached hydrogens (tertiary/aromatic N) is 3. The number of pyridine rings is 1. The Morgan fingerprint density at radius 2 is 1.97 bits per heavy atom. The summed E-state index contributed by atoms with van der Waals surface area (Å²) in [6.07, 6.45) is 3.28. The van der Waals surface area contributed by atoms with Crippen LogP contribution in [0.15, 0.2) is 59.1 Å². The van der Waals surface area contributed by atoms with Crippen LogP contribution in [0.4, 0.5) is 0 Å². The monoisotopic (exact) mass is 441 g/mol. The number of piperidine rings is 1. The summed E-state index contributed by atoms with van der Waals surface area (Å²) in [6, 6.07) is 16.2. The minimum absolute atomic E-state index is 0.0195. The Labute approximate surface area is 192 Å². The molecule has 1 aliphatic carbocycles. The van der Waals surface area contributed by atoms with Crippen molar-refractivity contribution in [3.05, 3.63) is 83.1 Å². The predicted molar refractivity (Wildman–Crippen MR) is 126 cm³/mol. The average Bonchev–Trinajstić information content (AvgIpc) is 3.32. The molecule has 4 aromatic rings. The van der Waals surface area contributed by atoms with Crippen molar-refractivity contribution in [2.75, 3.05) is 6.54 Å². The largest absolute Gasteiger partial charge is 0.472 e. The third-order valence-corrected chi connectivity index (χ3v) is 7.29. The lowest BCUT2D eigenvalue weighted by Crippen LogP contribution is -2.56. The average molecular weight is 442 g/mol. The van der Waals surface area contributed by atoms with Crippen LogP contribution in [0.25, 0.3) is 10.9 Å². The zero-order valence-electron chi connectivity index (χ0n) is 19.1. The van der Waals surface area contributed by atoms with Crippen molar-refractivity contribution in [1.29, 1.82) is 0 Å². The number of aromatic nitrogens is 2. The highest BCUT2D eigenvalue weighted by Gasteiger charge is 2.46. The summed E-state index contributed by atoms with van der Waals surface area (Å²) in [4.78, 5) is 20.1. The number of para-hydroxylation sites is 1. The molecule has 3 atom stereocenters. The minimum atomic E-state index is -0.185. The van der Waals surface area contributed by atoms with Crippen LogP contribution in [-0.4, -0.2) is 39.0 Å². The molecule has 33 heavy (non-hydrogen) atoms. The molecular weight excluding hydrogens is 414 g/mol. The minimum Gasteiger partial charge on any atom is -0.472 e. The van der Waals surface area contributed by atoms with E-state index in [-0.39, 0.29) is 24.0 Å². The Morgan fingerprint density at radius 3 is 2.73 bits per heavy atom. The van der Waals surface area contributed by atoms with E-state index in [1.54, 1.807) is 6.20 Å². The predicted octanol–water partition coefficient (Wildman–Crippen LogP) is 4.79. The first-order chi connectivity index (χ1) is 16.0. The van der Waals surface area contributed by atoms with Crippen molar-refractivity contribution >= 4 is 16.8 Å². The number of ether oxygens (including phenoxy) is 1. The lowest BCUT2D eigenvalue weighted by molar-refractivity contribution is 0.0185. The van der Waals surface area contributed by atoms with Crippen LogP contribution in [-0.2, 0) is 13.5 Å². The Bertz CT molecular complexity index is 1350. The Hall–Kier alpha value is -3.54. The van der Waals surface area contributed by atoms with Crippen molar-refractivity contribution in [3.63, 3.8) is 0 Å². The third-order valence-electron chi connectivity index (χ3n) is 7.29. The van der Waals surface area contributed by atoms with Gasteiger partial charge in [-0.1, -0.05) is 24.3 Å². The van der Waals surface area contributed by atoms with Crippen LogP contribution in [0.3, 0.4) is 0 Å². The number of hydrogen-bond donors (Lipinski definition) is 0. The molecule has 1 fully saturated rings. The number of furan rings is 1. The number of benzene rings is 1. The summed E-state index contributed by atoms with van der Waals surface area (Å²) < 4.78 is 14.5. The number of rotatable bonds is 3. The van der Waals surface area contributed by atoms with Gasteiger partial charge in [0.2, 0.25) is 5.88 Å². The molecule has 3 aromatic heterocycles. The third kappa shape index (κ3) is 3.16. The summed E-state index contributed by atoms with van der Waals surface area (Å²) in [5.74, 6) is 2.23. The summed E-state index contributed by atoms with van der Waals surface area (Å²) in [7, 11) is 2.15. The molecule has 1 saturated heterocycles. The summed E-state index contributed by atoms with van der Waals surface area (Å²) >= 11 is 0. The highest BCUT2D eigenvalue weighted by atomic mass is 16.5. The number of carbonyl (C=O) groups is 1. The number of fused-ring (bicyclic) bond motifs is 6. The molecule has 6 heteroatoms. The van der Waals surface area contributed by atoms with Crippen molar-refractivity contribution in [2.45, 2.75) is 44.8 Å². The smallest absolute Gasteiger partial charge is 0.257 e. The first-order valence-corrected chi connectivity index (χ1v) is 11.5. The van der Waals surface area contributed by atoms with Crippen molar-refractivity contribution in [2.24, 2.45) is 7.05 Å². The Kier molecular flexibility index (Phi) is 4.57. The van der Waals surface area contributed by atoms with Crippen molar-refractivity contribution in [3.8, 4) is 5.88 Å². The van der Waals surface area contributed by atoms with Gasteiger partial charge in [0.15, 0.2) is 0 Å². The molecule has 0 saturated carbocycles. The number of carbonyl (C=O) groups excluding carboxylic acids is 1. The van der Waals surface area contributed by atoms with E-state index in [0.717, 1.165) is 18.6 Å². The lowest BCUT2D eigenvalue weighted by atomic mass is 9.76. The maximum Gasteiger partial charge on any atom is 0.257 e. The maximum absolute atomic E-state index is 13.7. The van der Waals surface area contributed by atoms with Gasteiger partial charge < -0.3 is 18.6 Å². The van der Waals surface area contributed by atoms with Crippen LogP contribution in [0, 0.1) is 13.8 Å². The number of hydrogen-bond acceptors (Lipinski definition) is 4. The molecule has 1 amide bonds. The van der Waals surface area contributed by atoms with Crippen molar-refractivity contribution < 1.29 is 13.9 Å². The number of likely N-dealkylation sites (tertiary alicyclic amines) is 1. The van der Waals surface area contributed by atoms with Gasteiger partial charge in [-0.15, -0.1) is 0 Å². The second kappa shape index (κ2) is 7.51. The highest BCUT2D eigenvalue weighted by molar-refractivity contribution is 5.96. The topological polar surface area (TPSA) is 60.5 Å². The van der Waals surface area contributed by atoms with Crippen molar-refractivity contribution in [1.82, 2.24) is 14.5 Å². The van der Waals surface area contributed by atoms with Gasteiger partial charge in [-0.05, 0) is 50.5 Å². The number of aryl methyl sites for hydroxylation is 3. The van der Waals surface area contributed by atoms with E-state index < -0.39 is 0 Å². The first kappa shape index (κ1) is 20.1. The first-order valence-electron chi connectivity index (χ1n) is 11.5. The van der Waals surface area contributed by atoms with Crippen LogP contribution in [0.2, 0.25) is 0 Å². The fourth-order valence-corrected chi connectivity index (χ4v) is 5.88. The second-order valence-corrected chi connectivity index (χ2v) is 9.25. The van der Waals surface area contributed by atoms with Gasteiger partial charge in [0.05, 0.1) is 12.1 Å². The molecular formula is C27H27N3O3. The van der Waals surface area contributed by atoms with E-state index in [9.17, 15) is 4.79 Å². The van der Waals surface area contributed by atoms with Gasteiger partial charge in [-0.3, -0.25) is 4.79 Å². The molecule has 0 radical (unpaired) electrons. The van der Waals surface area contributed by atoms with E-state index in [4.69, 9.17) is 9.15 Å². The standard InChI is InChI=1S/C27H27N3O3/c1-16-12-20(17(2)32-16)27(31)30-15-24(33-25-10-6-7-11-28-25)22-14-18(30)13-21-19-8-4-5-9-23(19)29(3)26(21)22/h4-12,18,22,24H,13-15H2,1-3H3/t18-,22+,24-/m0/s1. The van der Waals surface area contributed by atoms with Gasteiger partial charge in [0.25, 0.3) is 5.91 Å². The van der Waals surface area contributed by atoms with Gasteiger partial charge in [0, 0.05) is 47.9 Å². The Balaban J connectivity index is 1.45. The van der Waals surface area contributed by atoms with Crippen LogP contribution in [0.1, 0.15) is 45.5 Å². The zero-order chi connectivity index (χ0) is 22.7. The van der Waals surface area contributed by atoms with Crippen LogP contribution >= 0.6 is 0 Å². The summed E-state index contributed by atoms with van der Waals surface area (Å²) in [5.41, 5.74) is 4.54.